The smallest absolute Gasteiger partial charge is 0.239 e. The molecule has 2 atom stereocenters. The van der Waals surface area contributed by atoms with Crippen LogP contribution in [0.5, 0.6) is 0 Å². The van der Waals surface area contributed by atoms with Crippen molar-refractivity contribution in [1.29, 1.82) is 0 Å². The second-order valence-corrected chi connectivity index (χ2v) is 6.76. The average Bonchev–Trinajstić information content (AvgIpc) is 2.96. The zero-order valence-corrected chi connectivity index (χ0v) is 13.6. The Labute approximate surface area is 133 Å². The highest BCUT2D eigenvalue weighted by Gasteiger charge is 2.30. The maximum Gasteiger partial charge on any atom is 0.239 e. The maximum absolute atomic E-state index is 12.9. The molecule has 1 N–H and O–H groups in total. The van der Waals surface area contributed by atoms with Gasteiger partial charge in [-0.05, 0) is 51.8 Å². The lowest BCUT2D eigenvalue weighted by molar-refractivity contribution is -0.137. The number of nitrogens with zero attached hydrogens (tertiary/aromatic N) is 3. The second kappa shape index (κ2) is 7.27. The van der Waals surface area contributed by atoms with Crippen LogP contribution in [-0.4, -0.2) is 58.1 Å². The number of amides is 1. The minimum Gasteiger partial charge on any atom is -0.341 e. The van der Waals surface area contributed by atoms with E-state index in [0.29, 0.717) is 11.8 Å². The number of likely N-dealkylation sites (tertiary alicyclic amines) is 2. The van der Waals surface area contributed by atoms with E-state index in [9.17, 15) is 4.79 Å². The average molecular weight is 304 g/mol. The zero-order chi connectivity index (χ0) is 15.4. The van der Waals surface area contributed by atoms with E-state index < -0.39 is 0 Å². The van der Waals surface area contributed by atoms with Gasteiger partial charge in [-0.15, -0.1) is 0 Å². The van der Waals surface area contributed by atoms with Crippen LogP contribution < -0.4 is 0 Å². The molecule has 2 aliphatic rings. The van der Waals surface area contributed by atoms with Crippen LogP contribution in [0.15, 0.2) is 12.3 Å². The molecule has 22 heavy (non-hydrogen) atoms. The van der Waals surface area contributed by atoms with Gasteiger partial charge in [-0.2, -0.15) is 5.10 Å². The molecule has 0 saturated carbocycles. The normalized spacial score (nSPS) is 25.7. The van der Waals surface area contributed by atoms with Crippen molar-refractivity contribution in [2.45, 2.75) is 57.4 Å². The Morgan fingerprint density at radius 1 is 1.23 bits per heavy atom. The molecule has 0 bridgehead atoms. The molecular weight excluding hydrogens is 276 g/mol. The van der Waals surface area contributed by atoms with E-state index >= 15 is 0 Å². The molecule has 2 fully saturated rings. The predicted molar refractivity (Wildman–Crippen MR) is 86.6 cm³/mol. The molecule has 3 heterocycles. The number of hydrogen-bond acceptors (Lipinski definition) is 3. The molecule has 0 aliphatic carbocycles. The summed E-state index contributed by atoms with van der Waals surface area (Å²) < 4.78 is 0. The van der Waals surface area contributed by atoms with Gasteiger partial charge in [0.1, 0.15) is 0 Å². The highest BCUT2D eigenvalue weighted by atomic mass is 16.2. The first-order chi connectivity index (χ1) is 10.8. The van der Waals surface area contributed by atoms with E-state index in [1.165, 1.54) is 31.4 Å². The minimum atomic E-state index is 0.0265. The van der Waals surface area contributed by atoms with Crippen LogP contribution in [0, 0.1) is 0 Å². The van der Waals surface area contributed by atoms with Crippen LogP contribution in [0.4, 0.5) is 0 Å². The molecule has 5 heteroatoms. The molecule has 1 aromatic rings. The summed E-state index contributed by atoms with van der Waals surface area (Å²) in [5.74, 6) is 0.725. The van der Waals surface area contributed by atoms with E-state index in [-0.39, 0.29) is 6.04 Å². The summed E-state index contributed by atoms with van der Waals surface area (Å²) in [7, 11) is 0. The van der Waals surface area contributed by atoms with Crippen molar-refractivity contribution in [3.8, 4) is 0 Å². The summed E-state index contributed by atoms with van der Waals surface area (Å²) in [6.45, 7) is 5.98. The summed E-state index contributed by atoms with van der Waals surface area (Å²) in [5, 5.41) is 7.12. The molecule has 1 aromatic heterocycles. The van der Waals surface area contributed by atoms with Crippen molar-refractivity contribution in [2.75, 3.05) is 26.2 Å². The van der Waals surface area contributed by atoms with Crippen molar-refractivity contribution >= 4 is 5.91 Å². The quantitative estimate of drug-likeness (QED) is 0.933. The van der Waals surface area contributed by atoms with Gasteiger partial charge in [0, 0.05) is 30.9 Å². The SMILES string of the molecule is C[C@@H](C(=O)N1CCC[C@H](c2ccn[nH]2)C1)N1CCCCCC1. The number of carbonyl (C=O) groups excluding carboxylic acids is 1. The molecule has 0 radical (unpaired) electrons. The molecule has 0 unspecified atom stereocenters. The summed E-state index contributed by atoms with van der Waals surface area (Å²) in [4.78, 5) is 17.3. The second-order valence-electron chi connectivity index (χ2n) is 6.76. The Bertz CT molecular complexity index is 465. The molecule has 0 spiro atoms. The van der Waals surface area contributed by atoms with Crippen molar-refractivity contribution in [2.24, 2.45) is 0 Å². The fourth-order valence-electron chi connectivity index (χ4n) is 3.83. The lowest BCUT2D eigenvalue weighted by Gasteiger charge is -2.36. The predicted octanol–water partition coefficient (Wildman–Crippen LogP) is 2.38. The lowest BCUT2D eigenvalue weighted by Crippen LogP contribution is -2.50. The maximum atomic E-state index is 12.9. The monoisotopic (exact) mass is 304 g/mol. The number of rotatable bonds is 3. The van der Waals surface area contributed by atoms with Crippen molar-refractivity contribution < 1.29 is 4.79 Å². The van der Waals surface area contributed by atoms with Gasteiger partial charge in [0.25, 0.3) is 0 Å². The summed E-state index contributed by atoms with van der Waals surface area (Å²) in [6, 6.07) is 2.07. The highest BCUT2D eigenvalue weighted by molar-refractivity contribution is 5.81. The first-order valence-corrected chi connectivity index (χ1v) is 8.78. The van der Waals surface area contributed by atoms with Gasteiger partial charge in [0.15, 0.2) is 0 Å². The van der Waals surface area contributed by atoms with E-state index in [4.69, 9.17) is 0 Å². The molecular formula is C17H28N4O. The number of H-pyrrole nitrogens is 1. The van der Waals surface area contributed by atoms with E-state index in [1.807, 2.05) is 6.07 Å². The van der Waals surface area contributed by atoms with Crippen LogP contribution in [-0.2, 0) is 4.79 Å². The van der Waals surface area contributed by atoms with Gasteiger partial charge < -0.3 is 4.90 Å². The van der Waals surface area contributed by atoms with E-state index in [2.05, 4.69) is 26.9 Å². The molecule has 1 amide bonds. The first-order valence-electron chi connectivity index (χ1n) is 8.78. The van der Waals surface area contributed by atoms with Gasteiger partial charge in [-0.1, -0.05) is 12.8 Å². The number of piperidine rings is 1. The zero-order valence-electron chi connectivity index (χ0n) is 13.6. The highest BCUT2D eigenvalue weighted by Crippen LogP contribution is 2.26. The van der Waals surface area contributed by atoms with Crippen LogP contribution in [0.25, 0.3) is 0 Å². The summed E-state index contributed by atoms with van der Waals surface area (Å²) >= 11 is 0. The van der Waals surface area contributed by atoms with Gasteiger partial charge in [0.05, 0.1) is 6.04 Å². The number of aromatic amines is 1. The third kappa shape index (κ3) is 3.51. The topological polar surface area (TPSA) is 52.2 Å². The molecule has 5 nitrogen and oxygen atoms in total. The fourth-order valence-corrected chi connectivity index (χ4v) is 3.83. The molecule has 3 rings (SSSR count). The third-order valence-electron chi connectivity index (χ3n) is 5.24. The molecule has 0 aromatic carbocycles. The van der Waals surface area contributed by atoms with Crippen LogP contribution in [0.3, 0.4) is 0 Å². The molecule has 2 saturated heterocycles. The van der Waals surface area contributed by atoms with Crippen molar-refractivity contribution in [3.05, 3.63) is 18.0 Å². The fraction of sp³-hybridized carbons (Fsp3) is 0.765. The Morgan fingerprint density at radius 2 is 2.00 bits per heavy atom. The third-order valence-corrected chi connectivity index (χ3v) is 5.24. The first kappa shape index (κ1) is 15.5. The standard InChI is InChI=1S/C17H28N4O/c1-14(20-10-4-2-3-5-11-20)17(22)21-12-6-7-15(13-21)16-8-9-18-19-16/h8-9,14-15H,2-7,10-13H2,1H3,(H,18,19)/t14-,15-/m0/s1. The van der Waals surface area contributed by atoms with Gasteiger partial charge >= 0.3 is 0 Å². The van der Waals surface area contributed by atoms with Crippen LogP contribution in [0.2, 0.25) is 0 Å². The Morgan fingerprint density at radius 3 is 2.68 bits per heavy atom. The molecule has 122 valence electrons. The number of hydrogen-bond donors (Lipinski definition) is 1. The van der Waals surface area contributed by atoms with Crippen molar-refractivity contribution in [1.82, 2.24) is 20.0 Å². The van der Waals surface area contributed by atoms with Gasteiger partial charge in [-0.25, -0.2) is 0 Å². The number of aromatic nitrogens is 2. The van der Waals surface area contributed by atoms with E-state index in [0.717, 1.165) is 39.0 Å². The van der Waals surface area contributed by atoms with Gasteiger partial charge in [0.2, 0.25) is 5.91 Å². The summed E-state index contributed by atoms with van der Waals surface area (Å²) in [5.41, 5.74) is 1.17. The number of nitrogens with one attached hydrogen (secondary N) is 1. The van der Waals surface area contributed by atoms with Crippen LogP contribution in [0.1, 0.15) is 57.1 Å². The Hall–Kier alpha value is -1.36. The number of carbonyl (C=O) groups is 1. The van der Waals surface area contributed by atoms with Gasteiger partial charge in [-0.3, -0.25) is 14.8 Å². The van der Waals surface area contributed by atoms with Crippen LogP contribution >= 0.6 is 0 Å². The largest absolute Gasteiger partial charge is 0.341 e. The Balaban J connectivity index is 1.60. The summed E-state index contributed by atoms with van der Waals surface area (Å²) in [6.07, 6.45) is 9.11. The minimum absolute atomic E-state index is 0.0265. The van der Waals surface area contributed by atoms with E-state index in [1.54, 1.807) is 6.20 Å². The Kier molecular flexibility index (Phi) is 5.13. The lowest BCUT2D eigenvalue weighted by atomic mass is 9.94. The molecule has 2 aliphatic heterocycles. The van der Waals surface area contributed by atoms with Crippen molar-refractivity contribution in [3.63, 3.8) is 0 Å².